The van der Waals surface area contributed by atoms with Gasteiger partial charge in [0.1, 0.15) is 17.6 Å². The van der Waals surface area contributed by atoms with Gasteiger partial charge in [-0.1, -0.05) is 18.2 Å². The van der Waals surface area contributed by atoms with Gasteiger partial charge in [0.25, 0.3) is 5.91 Å². The van der Waals surface area contributed by atoms with Crippen molar-refractivity contribution in [2.24, 2.45) is 0 Å². The maximum atomic E-state index is 12.4. The van der Waals surface area contributed by atoms with Crippen LogP contribution in [0.4, 0.5) is 5.69 Å². The molecular formula is C20H16N4O3. The third-order valence-electron chi connectivity index (χ3n) is 3.54. The van der Waals surface area contributed by atoms with E-state index in [4.69, 9.17) is 14.7 Å². The van der Waals surface area contributed by atoms with Crippen molar-refractivity contribution in [1.82, 2.24) is 9.97 Å². The minimum Gasteiger partial charge on any atom is -0.480 e. The molecule has 3 aromatic rings. The number of hydrogen-bond acceptors (Lipinski definition) is 6. The first-order valence-corrected chi connectivity index (χ1v) is 8.16. The maximum Gasteiger partial charge on any atom is 0.265 e. The van der Waals surface area contributed by atoms with Gasteiger partial charge in [-0.05, 0) is 31.2 Å². The number of rotatable bonds is 6. The molecule has 1 heterocycles. The van der Waals surface area contributed by atoms with E-state index in [1.54, 1.807) is 61.7 Å². The second-order valence-corrected chi connectivity index (χ2v) is 5.53. The fraction of sp³-hybridized carbons (Fsp3) is 0.100. The topological polar surface area (TPSA) is 97.1 Å². The summed E-state index contributed by atoms with van der Waals surface area (Å²) in [6.45, 7) is 1.61. The van der Waals surface area contributed by atoms with Crippen molar-refractivity contribution in [3.63, 3.8) is 0 Å². The van der Waals surface area contributed by atoms with Gasteiger partial charge in [-0.25, -0.2) is 4.98 Å². The smallest absolute Gasteiger partial charge is 0.265 e. The van der Waals surface area contributed by atoms with Gasteiger partial charge in [0.05, 0.1) is 11.8 Å². The van der Waals surface area contributed by atoms with Crippen LogP contribution in [0.1, 0.15) is 12.5 Å². The second kappa shape index (κ2) is 8.45. The predicted molar refractivity (Wildman–Crippen MR) is 98.4 cm³/mol. The van der Waals surface area contributed by atoms with Gasteiger partial charge in [0, 0.05) is 24.1 Å². The molecule has 7 nitrogen and oxygen atoms in total. The number of nitrogens with zero attached hydrogens (tertiary/aromatic N) is 3. The molecular weight excluding hydrogens is 344 g/mol. The van der Waals surface area contributed by atoms with Crippen molar-refractivity contribution in [2.45, 2.75) is 13.0 Å². The lowest BCUT2D eigenvalue weighted by molar-refractivity contribution is -0.122. The number of amides is 1. The average Bonchev–Trinajstić information content (AvgIpc) is 2.69. The summed E-state index contributed by atoms with van der Waals surface area (Å²) in [6.07, 6.45) is 3.78. The first kappa shape index (κ1) is 17.9. The molecule has 27 heavy (non-hydrogen) atoms. The van der Waals surface area contributed by atoms with E-state index in [9.17, 15) is 4.79 Å². The normalized spacial score (nSPS) is 11.1. The van der Waals surface area contributed by atoms with Crippen LogP contribution in [0, 0.1) is 11.3 Å². The average molecular weight is 360 g/mol. The number of nitrogens with one attached hydrogen (secondary N) is 1. The summed E-state index contributed by atoms with van der Waals surface area (Å²) in [4.78, 5) is 20.4. The summed E-state index contributed by atoms with van der Waals surface area (Å²) in [5, 5.41) is 11.9. The lowest BCUT2D eigenvalue weighted by Gasteiger charge is -2.16. The van der Waals surface area contributed by atoms with E-state index in [0.29, 0.717) is 28.6 Å². The molecule has 1 amide bonds. The van der Waals surface area contributed by atoms with E-state index >= 15 is 0 Å². The fourth-order valence-corrected chi connectivity index (χ4v) is 2.25. The number of nitriles is 1. The summed E-state index contributed by atoms with van der Waals surface area (Å²) in [5.74, 6) is 0.879. The number of aromatic nitrogens is 2. The highest BCUT2D eigenvalue weighted by Gasteiger charge is 2.16. The van der Waals surface area contributed by atoms with Crippen molar-refractivity contribution < 1.29 is 14.3 Å². The minimum atomic E-state index is -0.788. The molecule has 0 saturated carbocycles. The fourth-order valence-electron chi connectivity index (χ4n) is 2.25. The number of hydrogen-bond donors (Lipinski definition) is 1. The van der Waals surface area contributed by atoms with Crippen molar-refractivity contribution in [1.29, 1.82) is 5.26 Å². The van der Waals surface area contributed by atoms with Crippen LogP contribution in [-0.4, -0.2) is 22.0 Å². The van der Waals surface area contributed by atoms with Crippen molar-refractivity contribution in [3.8, 4) is 23.4 Å². The Morgan fingerprint density at radius 1 is 1.19 bits per heavy atom. The third kappa shape index (κ3) is 4.80. The standard InChI is InChI=1S/C20H16N4O3/c1-14(26-18-8-3-2-5-15(18)12-21)20(25)24-16-6-4-7-17(11-16)27-19-13-22-9-10-23-19/h2-11,13-14H,1H3,(H,24,25). The number of ether oxygens (including phenoxy) is 2. The lowest BCUT2D eigenvalue weighted by atomic mass is 10.2. The molecule has 0 bridgehead atoms. The van der Waals surface area contributed by atoms with E-state index in [2.05, 4.69) is 15.3 Å². The van der Waals surface area contributed by atoms with Crippen molar-refractivity contribution >= 4 is 11.6 Å². The number of benzene rings is 2. The second-order valence-electron chi connectivity index (χ2n) is 5.53. The molecule has 1 unspecified atom stereocenters. The van der Waals surface area contributed by atoms with Gasteiger partial charge in [-0.3, -0.25) is 9.78 Å². The van der Waals surface area contributed by atoms with Crippen LogP contribution < -0.4 is 14.8 Å². The van der Waals surface area contributed by atoms with Gasteiger partial charge in [0.2, 0.25) is 5.88 Å². The third-order valence-corrected chi connectivity index (χ3v) is 3.54. The molecule has 7 heteroatoms. The SMILES string of the molecule is CC(Oc1ccccc1C#N)C(=O)Nc1cccc(Oc2cnccn2)c1. The Balaban J connectivity index is 1.65. The molecule has 1 N–H and O–H groups in total. The Labute approximate surface area is 156 Å². The molecule has 0 radical (unpaired) electrons. The van der Waals surface area contributed by atoms with Gasteiger partial charge in [-0.2, -0.15) is 5.26 Å². The van der Waals surface area contributed by atoms with Gasteiger partial charge in [-0.15, -0.1) is 0 Å². The van der Waals surface area contributed by atoms with E-state index < -0.39 is 6.10 Å². The molecule has 2 aromatic carbocycles. The van der Waals surface area contributed by atoms with Crippen molar-refractivity contribution in [2.75, 3.05) is 5.32 Å². The summed E-state index contributed by atoms with van der Waals surface area (Å²) in [5.41, 5.74) is 0.918. The van der Waals surface area contributed by atoms with E-state index in [-0.39, 0.29) is 5.91 Å². The highest BCUT2D eigenvalue weighted by Crippen LogP contribution is 2.23. The van der Waals surface area contributed by atoms with E-state index in [1.165, 1.54) is 12.4 Å². The van der Waals surface area contributed by atoms with Crippen LogP contribution in [0.3, 0.4) is 0 Å². The number of para-hydroxylation sites is 1. The van der Waals surface area contributed by atoms with Gasteiger partial charge in [0.15, 0.2) is 6.10 Å². The Hall–Kier alpha value is -3.92. The van der Waals surface area contributed by atoms with Crippen LogP contribution in [0.25, 0.3) is 0 Å². The highest BCUT2D eigenvalue weighted by atomic mass is 16.5. The van der Waals surface area contributed by atoms with Crippen LogP contribution in [-0.2, 0) is 4.79 Å². The molecule has 0 aliphatic carbocycles. The highest BCUT2D eigenvalue weighted by molar-refractivity contribution is 5.94. The van der Waals surface area contributed by atoms with Crippen LogP contribution in [0.5, 0.6) is 17.4 Å². The summed E-state index contributed by atoms with van der Waals surface area (Å²) in [6, 6.07) is 15.7. The Morgan fingerprint density at radius 2 is 2.04 bits per heavy atom. The van der Waals surface area contributed by atoms with Crippen LogP contribution >= 0.6 is 0 Å². The zero-order chi connectivity index (χ0) is 19.1. The van der Waals surface area contributed by atoms with Crippen molar-refractivity contribution in [3.05, 3.63) is 72.7 Å². The Kier molecular flexibility index (Phi) is 5.60. The summed E-state index contributed by atoms with van der Waals surface area (Å²) >= 11 is 0. The molecule has 0 fully saturated rings. The Bertz CT molecular complexity index is 970. The molecule has 0 spiro atoms. The molecule has 1 atom stereocenters. The quantitative estimate of drug-likeness (QED) is 0.722. The first-order chi connectivity index (χ1) is 13.2. The largest absolute Gasteiger partial charge is 0.480 e. The number of anilines is 1. The maximum absolute atomic E-state index is 12.4. The molecule has 3 rings (SSSR count). The molecule has 0 aliphatic heterocycles. The lowest BCUT2D eigenvalue weighted by Crippen LogP contribution is -2.30. The van der Waals surface area contributed by atoms with E-state index in [1.807, 2.05) is 6.07 Å². The van der Waals surface area contributed by atoms with Gasteiger partial charge < -0.3 is 14.8 Å². The molecule has 0 aliphatic rings. The molecule has 1 aromatic heterocycles. The van der Waals surface area contributed by atoms with Crippen LogP contribution in [0.15, 0.2) is 67.1 Å². The summed E-state index contributed by atoms with van der Waals surface area (Å²) in [7, 11) is 0. The minimum absolute atomic E-state index is 0.348. The van der Waals surface area contributed by atoms with Gasteiger partial charge >= 0.3 is 0 Å². The van der Waals surface area contributed by atoms with E-state index in [0.717, 1.165) is 0 Å². The number of carbonyl (C=O) groups excluding carboxylic acids is 1. The molecule has 134 valence electrons. The first-order valence-electron chi connectivity index (χ1n) is 8.16. The predicted octanol–water partition coefficient (Wildman–Crippen LogP) is 3.55. The monoisotopic (exact) mass is 360 g/mol. The number of carbonyl (C=O) groups is 1. The van der Waals surface area contributed by atoms with Crippen LogP contribution in [0.2, 0.25) is 0 Å². The Morgan fingerprint density at radius 3 is 2.81 bits per heavy atom. The summed E-state index contributed by atoms with van der Waals surface area (Å²) < 4.78 is 11.2. The molecule has 0 saturated heterocycles. The zero-order valence-electron chi connectivity index (χ0n) is 14.5. The zero-order valence-corrected chi connectivity index (χ0v) is 14.5.